The molecule has 2 aliphatic heterocycles. The number of halogens is 1. The maximum Gasteiger partial charge on any atom is 0.233 e. The van der Waals surface area contributed by atoms with Gasteiger partial charge in [-0.2, -0.15) is 0 Å². The van der Waals surface area contributed by atoms with Crippen LogP contribution in [0.1, 0.15) is 31.7 Å². The van der Waals surface area contributed by atoms with Gasteiger partial charge in [-0.25, -0.2) is 12.7 Å². The van der Waals surface area contributed by atoms with Crippen LogP contribution in [0.2, 0.25) is 0 Å². The van der Waals surface area contributed by atoms with Crippen LogP contribution < -0.4 is 5.32 Å². The van der Waals surface area contributed by atoms with Crippen LogP contribution in [-0.2, 0) is 20.2 Å². The Bertz CT molecular complexity index is 749. The highest BCUT2D eigenvalue weighted by Gasteiger charge is 2.47. The van der Waals surface area contributed by atoms with E-state index in [9.17, 15) is 13.2 Å². The topological polar surface area (TPSA) is 69.7 Å². The molecule has 1 aromatic carbocycles. The second-order valence-electron chi connectivity index (χ2n) is 7.71. The molecular formula is C20H32ClN3O3S. The van der Waals surface area contributed by atoms with Crippen LogP contribution in [0.3, 0.4) is 0 Å². The van der Waals surface area contributed by atoms with Crippen molar-refractivity contribution < 1.29 is 13.2 Å². The molecule has 0 saturated carbocycles. The molecule has 1 aromatic rings. The van der Waals surface area contributed by atoms with E-state index in [0.29, 0.717) is 31.8 Å². The van der Waals surface area contributed by atoms with E-state index in [4.69, 9.17) is 0 Å². The highest BCUT2D eigenvalue weighted by atomic mass is 35.5. The van der Waals surface area contributed by atoms with Gasteiger partial charge in [-0.15, -0.1) is 12.4 Å². The molecule has 0 aromatic heterocycles. The Kier molecular flexibility index (Phi) is 7.90. The molecule has 1 unspecified atom stereocenters. The van der Waals surface area contributed by atoms with Gasteiger partial charge in [-0.3, -0.25) is 4.79 Å². The van der Waals surface area contributed by atoms with E-state index < -0.39 is 15.4 Å². The lowest BCUT2D eigenvalue weighted by Gasteiger charge is -2.42. The molecule has 28 heavy (non-hydrogen) atoms. The van der Waals surface area contributed by atoms with Gasteiger partial charge in [0.15, 0.2) is 0 Å². The smallest absolute Gasteiger partial charge is 0.233 e. The molecule has 0 radical (unpaired) electrons. The molecule has 2 heterocycles. The summed E-state index contributed by atoms with van der Waals surface area (Å²) in [5, 5.41) is 3.21. The number of hydrogen-bond donors (Lipinski definition) is 1. The Labute approximate surface area is 175 Å². The second-order valence-corrected chi connectivity index (χ2v) is 9.97. The summed E-state index contributed by atoms with van der Waals surface area (Å²) >= 11 is 0. The van der Waals surface area contributed by atoms with Crippen molar-refractivity contribution in [3.63, 3.8) is 0 Å². The van der Waals surface area contributed by atoms with Crippen LogP contribution in [0, 0.1) is 5.92 Å². The Morgan fingerprint density at radius 1 is 1.18 bits per heavy atom. The molecule has 1 N–H and O–H groups in total. The van der Waals surface area contributed by atoms with Gasteiger partial charge in [-0.1, -0.05) is 30.3 Å². The summed E-state index contributed by atoms with van der Waals surface area (Å²) < 4.78 is 26.1. The van der Waals surface area contributed by atoms with Gasteiger partial charge < -0.3 is 10.2 Å². The van der Waals surface area contributed by atoms with Crippen molar-refractivity contribution in [3.05, 3.63) is 35.9 Å². The van der Waals surface area contributed by atoms with E-state index in [1.165, 1.54) is 0 Å². The number of piperidine rings is 1. The third kappa shape index (κ3) is 4.53. The number of hydrogen-bond acceptors (Lipinski definition) is 4. The maximum atomic E-state index is 13.6. The zero-order valence-electron chi connectivity index (χ0n) is 16.8. The van der Waals surface area contributed by atoms with Crippen molar-refractivity contribution in [3.8, 4) is 0 Å². The number of nitrogens with one attached hydrogen (secondary N) is 1. The maximum absolute atomic E-state index is 13.6. The van der Waals surface area contributed by atoms with E-state index in [0.717, 1.165) is 31.6 Å². The van der Waals surface area contributed by atoms with Crippen LogP contribution in [0.4, 0.5) is 0 Å². The summed E-state index contributed by atoms with van der Waals surface area (Å²) in [7, 11) is -1.27. The van der Waals surface area contributed by atoms with E-state index in [1.807, 2.05) is 42.3 Å². The lowest BCUT2D eigenvalue weighted by atomic mass is 9.72. The van der Waals surface area contributed by atoms with Gasteiger partial charge in [-0.05, 0) is 51.3 Å². The number of carbonyl (C=O) groups is 1. The number of sulfonamides is 1. The van der Waals surface area contributed by atoms with Crippen LogP contribution in [0.15, 0.2) is 30.3 Å². The first kappa shape index (κ1) is 23.1. The zero-order chi connectivity index (χ0) is 19.5. The van der Waals surface area contributed by atoms with E-state index in [-0.39, 0.29) is 24.1 Å². The van der Waals surface area contributed by atoms with Gasteiger partial charge in [0.1, 0.15) is 0 Å². The summed E-state index contributed by atoms with van der Waals surface area (Å²) in [4.78, 5) is 15.6. The molecule has 2 saturated heterocycles. The third-order valence-electron chi connectivity index (χ3n) is 6.14. The fourth-order valence-corrected chi connectivity index (χ4v) is 5.59. The first-order valence-corrected chi connectivity index (χ1v) is 11.5. The highest BCUT2D eigenvalue weighted by molar-refractivity contribution is 7.89. The van der Waals surface area contributed by atoms with Crippen molar-refractivity contribution >= 4 is 28.3 Å². The van der Waals surface area contributed by atoms with Gasteiger partial charge in [0.05, 0.1) is 11.2 Å². The Morgan fingerprint density at radius 2 is 1.82 bits per heavy atom. The highest BCUT2D eigenvalue weighted by Crippen LogP contribution is 2.39. The Balaban J connectivity index is 0.00000280. The minimum Gasteiger partial charge on any atom is -0.342 e. The third-order valence-corrected chi connectivity index (χ3v) is 8.02. The summed E-state index contributed by atoms with van der Waals surface area (Å²) in [6.07, 6.45) is 2.11. The molecule has 2 fully saturated rings. The Hall–Kier alpha value is -1.15. The normalized spacial score (nSPS) is 22.6. The molecule has 0 bridgehead atoms. The Morgan fingerprint density at radius 3 is 2.39 bits per heavy atom. The van der Waals surface area contributed by atoms with E-state index in [2.05, 4.69) is 5.32 Å². The predicted molar refractivity (Wildman–Crippen MR) is 114 cm³/mol. The monoisotopic (exact) mass is 429 g/mol. The molecule has 2 aliphatic rings. The van der Waals surface area contributed by atoms with Crippen LogP contribution in [0.25, 0.3) is 0 Å². The van der Waals surface area contributed by atoms with Crippen LogP contribution in [-0.4, -0.2) is 69.1 Å². The standard InChI is InChI=1S/C20H31N3O3S.ClH/c1-3-27(25,26)23-13-10-20(11-14-23,18-7-5-4-6-8-18)19(24)22-12-9-17(16-22)15-21-2;/h4-8,17,21H,3,9-16H2,1-2H3;1H. The molecule has 0 spiro atoms. The summed E-state index contributed by atoms with van der Waals surface area (Å²) in [5.41, 5.74) is 0.399. The van der Waals surface area contributed by atoms with Crippen molar-refractivity contribution in [2.45, 2.75) is 31.6 Å². The van der Waals surface area contributed by atoms with Crippen LogP contribution >= 0.6 is 12.4 Å². The molecule has 8 heteroatoms. The molecular weight excluding hydrogens is 398 g/mol. The number of carbonyl (C=O) groups excluding carboxylic acids is 1. The number of benzene rings is 1. The number of rotatable bonds is 6. The van der Waals surface area contributed by atoms with Gasteiger partial charge in [0.2, 0.25) is 15.9 Å². The number of amides is 1. The second kappa shape index (κ2) is 9.57. The van der Waals surface area contributed by atoms with Crippen molar-refractivity contribution in [2.75, 3.05) is 45.5 Å². The summed E-state index contributed by atoms with van der Waals surface area (Å²) in [6.45, 7) is 4.98. The first-order valence-electron chi connectivity index (χ1n) is 9.90. The van der Waals surface area contributed by atoms with E-state index >= 15 is 0 Å². The quantitative estimate of drug-likeness (QED) is 0.749. The largest absolute Gasteiger partial charge is 0.342 e. The minimum absolute atomic E-state index is 0. The van der Waals surface area contributed by atoms with Crippen molar-refractivity contribution in [1.82, 2.24) is 14.5 Å². The van der Waals surface area contributed by atoms with Gasteiger partial charge in [0.25, 0.3) is 0 Å². The summed E-state index contributed by atoms with van der Waals surface area (Å²) in [6, 6.07) is 9.92. The minimum atomic E-state index is -3.21. The zero-order valence-corrected chi connectivity index (χ0v) is 18.4. The molecule has 158 valence electrons. The lowest BCUT2D eigenvalue weighted by Crippen LogP contribution is -2.53. The fraction of sp³-hybridized carbons (Fsp3) is 0.650. The predicted octanol–water partition coefficient (Wildman–Crippen LogP) is 1.86. The molecule has 1 amide bonds. The fourth-order valence-electron chi connectivity index (χ4n) is 4.49. The van der Waals surface area contributed by atoms with Gasteiger partial charge >= 0.3 is 0 Å². The average molecular weight is 430 g/mol. The SMILES string of the molecule is CCS(=O)(=O)N1CCC(C(=O)N2CCC(CNC)C2)(c2ccccc2)CC1.Cl. The average Bonchev–Trinajstić information content (AvgIpc) is 3.17. The van der Waals surface area contributed by atoms with Crippen molar-refractivity contribution in [2.24, 2.45) is 5.92 Å². The lowest BCUT2D eigenvalue weighted by molar-refractivity contribution is -0.138. The van der Waals surface area contributed by atoms with E-state index in [1.54, 1.807) is 11.2 Å². The molecule has 6 nitrogen and oxygen atoms in total. The van der Waals surface area contributed by atoms with Gasteiger partial charge in [0, 0.05) is 26.2 Å². The molecule has 0 aliphatic carbocycles. The molecule has 1 atom stereocenters. The van der Waals surface area contributed by atoms with Crippen molar-refractivity contribution in [1.29, 1.82) is 0 Å². The number of likely N-dealkylation sites (tertiary alicyclic amines) is 1. The summed E-state index contributed by atoms with van der Waals surface area (Å²) in [5.74, 6) is 0.769. The molecule has 3 rings (SSSR count). The van der Waals surface area contributed by atoms with Crippen LogP contribution in [0.5, 0.6) is 0 Å². The first-order chi connectivity index (χ1) is 12.9. The number of nitrogens with zero attached hydrogens (tertiary/aromatic N) is 2.